The summed E-state index contributed by atoms with van der Waals surface area (Å²) in [6.45, 7) is 2.43. The van der Waals surface area contributed by atoms with Gasteiger partial charge in [0.05, 0.1) is 23.9 Å². The Morgan fingerprint density at radius 3 is 3.08 bits per heavy atom. The fraction of sp³-hybridized carbons (Fsp3) is 0.571. The number of rotatable bonds is 3. The Morgan fingerprint density at radius 1 is 1.75 bits per heavy atom. The molecule has 12 heavy (non-hydrogen) atoms. The van der Waals surface area contributed by atoms with Crippen LogP contribution in [0.25, 0.3) is 0 Å². The van der Waals surface area contributed by atoms with E-state index in [1.165, 1.54) is 11.3 Å². The molecule has 0 amide bonds. The molecular weight excluding hydrogens is 196 g/mol. The number of hydrogen-bond acceptors (Lipinski definition) is 4. The van der Waals surface area contributed by atoms with E-state index in [0.717, 1.165) is 23.1 Å². The molecule has 66 valence electrons. The number of halogens is 1. The molecule has 1 aromatic heterocycles. The second-order valence-electron chi connectivity index (χ2n) is 2.66. The van der Waals surface area contributed by atoms with E-state index in [-0.39, 0.29) is 0 Å². The summed E-state index contributed by atoms with van der Waals surface area (Å²) in [5.41, 5.74) is 2.59. The van der Waals surface area contributed by atoms with Crippen molar-refractivity contribution in [2.24, 2.45) is 0 Å². The molecule has 0 bridgehead atoms. The van der Waals surface area contributed by atoms with E-state index in [1.807, 2.05) is 0 Å². The number of thiazole rings is 1. The molecule has 2 heterocycles. The van der Waals surface area contributed by atoms with Gasteiger partial charge in [-0.3, -0.25) is 0 Å². The topological polar surface area (TPSA) is 34.1 Å². The summed E-state index contributed by atoms with van der Waals surface area (Å²) in [5, 5.41) is 3.13. The molecule has 0 aromatic carbocycles. The molecule has 1 N–H and O–H groups in total. The third-order valence-corrected chi connectivity index (χ3v) is 2.93. The van der Waals surface area contributed by atoms with Crippen LogP contribution in [-0.2, 0) is 11.3 Å². The lowest BCUT2D eigenvalue weighted by Crippen LogP contribution is -2.48. The predicted octanol–water partition coefficient (Wildman–Crippen LogP) is 1.28. The Kier molecular flexibility index (Phi) is 2.60. The van der Waals surface area contributed by atoms with Gasteiger partial charge in [0.2, 0.25) is 0 Å². The summed E-state index contributed by atoms with van der Waals surface area (Å²) in [6, 6.07) is 0. The van der Waals surface area contributed by atoms with Crippen LogP contribution in [0, 0.1) is 0 Å². The lowest BCUT2D eigenvalue weighted by atomic mass is 10.2. The monoisotopic (exact) mass is 204 g/mol. The average molecular weight is 205 g/mol. The van der Waals surface area contributed by atoms with Crippen LogP contribution in [0.1, 0.15) is 5.69 Å². The molecular formula is C7H9ClN2OS. The molecule has 0 atom stereocenters. The second-order valence-corrected chi connectivity index (χ2v) is 4.12. The van der Waals surface area contributed by atoms with Crippen molar-refractivity contribution >= 4 is 22.9 Å². The van der Waals surface area contributed by atoms with Gasteiger partial charge in [-0.25, -0.2) is 4.98 Å². The van der Waals surface area contributed by atoms with E-state index in [9.17, 15) is 0 Å². The first-order valence-corrected chi connectivity index (χ1v) is 5.02. The van der Waals surface area contributed by atoms with Crippen LogP contribution >= 0.6 is 22.9 Å². The first-order chi connectivity index (χ1) is 5.86. The fourth-order valence-corrected chi connectivity index (χ4v) is 1.67. The summed E-state index contributed by atoms with van der Waals surface area (Å²) in [4.78, 5) is 4.09. The predicted molar refractivity (Wildman–Crippen MR) is 48.6 cm³/mol. The molecule has 1 saturated heterocycles. The van der Waals surface area contributed by atoms with Gasteiger partial charge in [0.15, 0.2) is 0 Å². The Morgan fingerprint density at radius 2 is 2.58 bits per heavy atom. The van der Waals surface area contributed by atoms with E-state index >= 15 is 0 Å². The highest BCUT2D eigenvalue weighted by Crippen LogP contribution is 2.20. The quantitative estimate of drug-likeness (QED) is 0.806. The van der Waals surface area contributed by atoms with Gasteiger partial charge in [-0.05, 0) is 0 Å². The molecule has 1 aliphatic rings. The number of ether oxygens (including phenoxy) is 1. The largest absolute Gasteiger partial charge is 0.369 e. The van der Waals surface area contributed by atoms with Crippen molar-refractivity contribution in [3.8, 4) is 0 Å². The zero-order chi connectivity index (χ0) is 8.39. The van der Waals surface area contributed by atoms with E-state index in [4.69, 9.17) is 16.3 Å². The highest BCUT2D eigenvalue weighted by atomic mass is 35.5. The molecule has 1 aromatic rings. The van der Waals surface area contributed by atoms with Gasteiger partial charge in [-0.15, -0.1) is 11.3 Å². The average Bonchev–Trinajstić information content (AvgIpc) is 2.33. The number of nitrogens with one attached hydrogen (secondary N) is 1. The minimum atomic E-state index is 0.350. The van der Waals surface area contributed by atoms with Gasteiger partial charge < -0.3 is 10.1 Å². The molecule has 5 heteroatoms. The molecule has 2 rings (SSSR count). The van der Waals surface area contributed by atoms with Crippen molar-refractivity contribution in [2.45, 2.75) is 12.7 Å². The van der Waals surface area contributed by atoms with E-state index in [0.29, 0.717) is 12.7 Å². The third-order valence-electron chi connectivity index (χ3n) is 1.79. The van der Waals surface area contributed by atoms with Crippen molar-refractivity contribution < 1.29 is 4.74 Å². The van der Waals surface area contributed by atoms with Gasteiger partial charge in [-0.2, -0.15) is 0 Å². The number of nitrogens with zero attached hydrogens (tertiary/aromatic N) is 1. The van der Waals surface area contributed by atoms with Crippen LogP contribution in [-0.4, -0.2) is 24.2 Å². The van der Waals surface area contributed by atoms with E-state index in [2.05, 4.69) is 10.3 Å². The maximum absolute atomic E-state index is 5.84. The van der Waals surface area contributed by atoms with Crippen LogP contribution < -0.4 is 5.32 Å². The smallest absolute Gasteiger partial charge is 0.118 e. The Labute approximate surface area is 79.7 Å². The van der Waals surface area contributed by atoms with Gasteiger partial charge in [-0.1, -0.05) is 11.6 Å². The highest BCUT2D eigenvalue weighted by molar-refractivity contribution is 7.14. The fourth-order valence-electron chi connectivity index (χ4n) is 0.926. The van der Waals surface area contributed by atoms with Crippen molar-refractivity contribution in [1.82, 2.24) is 10.3 Å². The minimum absolute atomic E-state index is 0.350. The standard InChI is InChI=1S/C7H9ClN2OS/c8-7-6(10-4-12-7)3-11-5-1-9-2-5/h4-5,9H,1-3H2. The van der Waals surface area contributed by atoms with E-state index < -0.39 is 0 Å². The van der Waals surface area contributed by atoms with Gasteiger partial charge in [0.25, 0.3) is 0 Å². The normalized spacial score (nSPS) is 17.8. The lowest BCUT2D eigenvalue weighted by Gasteiger charge is -2.26. The molecule has 1 aliphatic heterocycles. The number of hydrogen-bond donors (Lipinski definition) is 1. The maximum atomic E-state index is 5.84. The number of aromatic nitrogens is 1. The first-order valence-electron chi connectivity index (χ1n) is 3.76. The highest BCUT2D eigenvalue weighted by Gasteiger charge is 2.17. The van der Waals surface area contributed by atoms with Gasteiger partial charge in [0, 0.05) is 13.1 Å². The Balaban J connectivity index is 1.82. The van der Waals surface area contributed by atoms with Crippen LogP contribution in [0.4, 0.5) is 0 Å². The summed E-state index contributed by atoms with van der Waals surface area (Å²) in [6.07, 6.45) is 0.350. The molecule has 0 radical (unpaired) electrons. The third kappa shape index (κ3) is 1.77. The van der Waals surface area contributed by atoms with Crippen molar-refractivity contribution in [3.63, 3.8) is 0 Å². The summed E-state index contributed by atoms with van der Waals surface area (Å²) < 4.78 is 6.24. The molecule has 1 fully saturated rings. The van der Waals surface area contributed by atoms with Crippen molar-refractivity contribution in [2.75, 3.05) is 13.1 Å². The van der Waals surface area contributed by atoms with Crippen LogP contribution in [0.15, 0.2) is 5.51 Å². The van der Waals surface area contributed by atoms with Crippen LogP contribution in [0.5, 0.6) is 0 Å². The van der Waals surface area contributed by atoms with E-state index in [1.54, 1.807) is 5.51 Å². The SMILES string of the molecule is Clc1scnc1COC1CNC1. The molecule has 0 unspecified atom stereocenters. The van der Waals surface area contributed by atoms with Gasteiger partial charge >= 0.3 is 0 Å². The summed E-state index contributed by atoms with van der Waals surface area (Å²) >= 11 is 7.29. The van der Waals surface area contributed by atoms with Crippen LogP contribution in [0.3, 0.4) is 0 Å². The summed E-state index contributed by atoms with van der Waals surface area (Å²) in [5.74, 6) is 0. The maximum Gasteiger partial charge on any atom is 0.118 e. The van der Waals surface area contributed by atoms with Crippen molar-refractivity contribution in [1.29, 1.82) is 0 Å². The zero-order valence-corrected chi connectivity index (χ0v) is 7.99. The molecule has 3 nitrogen and oxygen atoms in total. The van der Waals surface area contributed by atoms with Crippen molar-refractivity contribution in [3.05, 3.63) is 15.5 Å². The molecule has 0 aliphatic carbocycles. The first kappa shape index (κ1) is 8.44. The Bertz CT molecular complexity index is 262. The minimum Gasteiger partial charge on any atom is -0.369 e. The van der Waals surface area contributed by atoms with Crippen LogP contribution in [0.2, 0.25) is 4.34 Å². The Hall–Kier alpha value is -0.160. The zero-order valence-electron chi connectivity index (χ0n) is 6.42. The van der Waals surface area contributed by atoms with Gasteiger partial charge in [0.1, 0.15) is 4.34 Å². The molecule has 0 saturated carbocycles. The molecule has 0 spiro atoms. The second kappa shape index (κ2) is 3.70. The summed E-state index contributed by atoms with van der Waals surface area (Å²) in [7, 11) is 0. The lowest BCUT2D eigenvalue weighted by molar-refractivity contribution is 0.00630.